The zero-order chi connectivity index (χ0) is 48.5. The van der Waals surface area contributed by atoms with Crippen LogP contribution >= 0.6 is 0 Å². The molecule has 0 heterocycles. The molecule has 1 aliphatic rings. The summed E-state index contributed by atoms with van der Waals surface area (Å²) in [6.45, 7) is 15.9. The third kappa shape index (κ3) is 7.19. The van der Waals surface area contributed by atoms with Gasteiger partial charge in [-0.05, 0) is 138 Å². The van der Waals surface area contributed by atoms with Crippen molar-refractivity contribution >= 4 is 82.6 Å². The minimum atomic E-state index is -2.22. The smallest absolute Gasteiger partial charge is 0.0579 e. The van der Waals surface area contributed by atoms with Crippen molar-refractivity contribution < 1.29 is 0 Å². The standard InChI is InChI=1S/C67H58N2Si2/c1-70(2,3)67(71(4,5)6)62-46-63(69(52-33-17-10-18-34-52)54-36-24-30-50(44-54)48-27-13-8-14-28-48)57-38-20-22-40-59(57)64(62)65-58-39-21-19-37-56(58)61-45-55(41-42-60(61)66(65)67)68(51-31-15-9-16-32-51)53-35-23-29-49(43-53)47-25-11-7-12-26-47/h7-46H,1-6H3. The second kappa shape index (κ2) is 17.3. The van der Waals surface area contributed by atoms with Gasteiger partial charge in [0.25, 0.3) is 0 Å². The van der Waals surface area contributed by atoms with E-state index in [4.69, 9.17) is 0 Å². The number of benzene rings is 11. The summed E-state index contributed by atoms with van der Waals surface area (Å²) in [5, 5.41) is 7.86. The van der Waals surface area contributed by atoms with Crippen LogP contribution in [0.3, 0.4) is 0 Å². The number of rotatable bonds is 10. The predicted octanol–water partition coefficient (Wildman–Crippen LogP) is 19.4. The Kier molecular flexibility index (Phi) is 10.8. The van der Waals surface area contributed by atoms with Crippen LogP contribution in [0.5, 0.6) is 0 Å². The van der Waals surface area contributed by atoms with E-state index < -0.39 is 16.1 Å². The maximum absolute atomic E-state index is 2.67. The van der Waals surface area contributed by atoms with Gasteiger partial charge in [-0.2, -0.15) is 0 Å². The van der Waals surface area contributed by atoms with Crippen LogP contribution in [-0.2, 0) is 4.66 Å². The Morgan fingerprint density at radius 1 is 0.282 bits per heavy atom. The summed E-state index contributed by atoms with van der Waals surface area (Å²) in [6, 6.07) is 90.2. The first-order chi connectivity index (χ1) is 34.5. The molecule has 0 amide bonds. The molecule has 4 heteroatoms. The van der Waals surface area contributed by atoms with Crippen LogP contribution in [0.4, 0.5) is 34.1 Å². The quantitative estimate of drug-likeness (QED) is 0.0996. The molecule has 0 atom stereocenters. The average molecular weight is 947 g/mol. The molecule has 0 spiro atoms. The topological polar surface area (TPSA) is 6.48 Å². The fourth-order valence-corrected chi connectivity index (χ4v) is 25.9. The van der Waals surface area contributed by atoms with Crippen molar-refractivity contribution in [2.75, 3.05) is 9.80 Å². The van der Waals surface area contributed by atoms with Gasteiger partial charge in [0.05, 0.1) is 21.8 Å². The Balaban J connectivity index is 1.16. The lowest BCUT2D eigenvalue weighted by Crippen LogP contribution is -2.63. The highest BCUT2D eigenvalue weighted by atomic mass is 28.4. The zero-order valence-electron chi connectivity index (χ0n) is 41.5. The third-order valence-electron chi connectivity index (χ3n) is 15.3. The molecule has 0 unspecified atom stereocenters. The van der Waals surface area contributed by atoms with Gasteiger partial charge in [0.1, 0.15) is 0 Å². The van der Waals surface area contributed by atoms with E-state index in [0.29, 0.717) is 0 Å². The van der Waals surface area contributed by atoms with Crippen LogP contribution < -0.4 is 9.80 Å². The van der Waals surface area contributed by atoms with E-state index in [-0.39, 0.29) is 4.66 Å². The van der Waals surface area contributed by atoms with E-state index in [0.717, 1.165) is 28.4 Å². The zero-order valence-corrected chi connectivity index (χ0v) is 43.5. The van der Waals surface area contributed by atoms with Crippen molar-refractivity contribution in [1.82, 2.24) is 0 Å². The van der Waals surface area contributed by atoms with Gasteiger partial charge in [-0.1, -0.05) is 215 Å². The van der Waals surface area contributed by atoms with Crippen molar-refractivity contribution in [3.63, 3.8) is 0 Å². The first kappa shape index (κ1) is 44.4. The maximum Gasteiger partial charge on any atom is 0.0579 e. The molecule has 0 radical (unpaired) electrons. The van der Waals surface area contributed by atoms with Gasteiger partial charge in [-0.25, -0.2) is 0 Å². The highest BCUT2D eigenvalue weighted by Gasteiger charge is 2.60. The Morgan fingerprint density at radius 2 is 0.690 bits per heavy atom. The minimum Gasteiger partial charge on any atom is -0.310 e. The number of fused-ring (bicyclic) bond motifs is 10. The monoisotopic (exact) mass is 946 g/mol. The predicted molar refractivity (Wildman–Crippen MR) is 312 cm³/mol. The van der Waals surface area contributed by atoms with Crippen LogP contribution in [0.1, 0.15) is 11.1 Å². The molecule has 0 saturated carbocycles. The molecule has 0 aliphatic heterocycles. The third-order valence-corrected chi connectivity index (χ3v) is 25.3. The molecule has 0 fully saturated rings. The summed E-state index contributed by atoms with van der Waals surface area (Å²) in [5.41, 5.74) is 17.6. The number of nitrogens with zero attached hydrogens (tertiary/aromatic N) is 2. The maximum atomic E-state index is 2.67. The van der Waals surface area contributed by atoms with Crippen LogP contribution in [0.15, 0.2) is 243 Å². The number of hydrogen-bond acceptors (Lipinski definition) is 2. The van der Waals surface area contributed by atoms with Gasteiger partial charge in [0.15, 0.2) is 0 Å². The molecule has 71 heavy (non-hydrogen) atoms. The lowest BCUT2D eigenvalue weighted by Gasteiger charge is -2.52. The molecular formula is C67H58N2Si2. The van der Waals surface area contributed by atoms with Crippen LogP contribution in [0, 0.1) is 0 Å². The van der Waals surface area contributed by atoms with Crippen LogP contribution in [0.25, 0.3) is 65.7 Å². The van der Waals surface area contributed by atoms with E-state index in [1.165, 1.54) is 76.9 Å². The van der Waals surface area contributed by atoms with Crippen LogP contribution in [0.2, 0.25) is 39.3 Å². The largest absolute Gasteiger partial charge is 0.310 e. The Morgan fingerprint density at radius 3 is 1.23 bits per heavy atom. The van der Waals surface area contributed by atoms with Gasteiger partial charge in [0.2, 0.25) is 0 Å². The number of anilines is 6. The molecule has 11 aromatic carbocycles. The molecule has 0 N–H and O–H groups in total. The molecule has 0 bridgehead atoms. The van der Waals surface area contributed by atoms with E-state index in [1.54, 1.807) is 5.56 Å². The van der Waals surface area contributed by atoms with Crippen molar-refractivity contribution in [3.8, 4) is 33.4 Å². The number of para-hydroxylation sites is 2. The second-order valence-electron chi connectivity index (χ2n) is 21.3. The van der Waals surface area contributed by atoms with E-state index in [1.807, 2.05) is 0 Å². The number of hydrogen-bond donors (Lipinski definition) is 0. The van der Waals surface area contributed by atoms with Crippen molar-refractivity contribution in [1.29, 1.82) is 0 Å². The molecule has 0 saturated heterocycles. The first-order valence-electron chi connectivity index (χ1n) is 25.1. The molecular weight excluding hydrogens is 889 g/mol. The Hall–Kier alpha value is -7.77. The van der Waals surface area contributed by atoms with Gasteiger partial charge < -0.3 is 9.80 Å². The molecule has 2 nitrogen and oxygen atoms in total. The van der Waals surface area contributed by atoms with Crippen molar-refractivity contribution in [2.45, 2.75) is 43.9 Å². The Bertz CT molecular complexity index is 3770. The van der Waals surface area contributed by atoms with Crippen molar-refractivity contribution in [3.05, 3.63) is 254 Å². The fraction of sp³-hybridized carbons (Fsp3) is 0.104. The minimum absolute atomic E-state index is 0.176. The SMILES string of the molecule is C[Si](C)(C)C1([Si](C)(C)C)c2cc(N(c3ccccc3)c3cccc(-c4ccccc4)c3)c3ccccc3c2-c2c1c1ccc(N(c3ccccc3)c3cccc(-c4ccccc4)c3)cc1c1ccccc21. The van der Waals surface area contributed by atoms with Crippen molar-refractivity contribution in [2.24, 2.45) is 0 Å². The molecule has 1 aliphatic carbocycles. The van der Waals surface area contributed by atoms with Gasteiger partial charge in [0, 0.05) is 38.5 Å². The van der Waals surface area contributed by atoms with E-state index >= 15 is 0 Å². The molecule has 11 aromatic rings. The summed E-state index contributed by atoms with van der Waals surface area (Å²) in [5.74, 6) is 0. The van der Waals surface area contributed by atoms with E-state index in [9.17, 15) is 0 Å². The summed E-state index contributed by atoms with van der Waals surface area (Å²) in [6.07, 6.45) is 0. The van der Waals surface area contributed by atoms with Gasteiger partial charge in [-0.3, -0.25) is 0 Å². The average Bonchev–Trinajstić information content (AvgIpc) is 3.75. The summed E-state index contributed by atoms with van der Waals surface area (Å²) < 4.78 is -0.176. The Labute approximate surface area is 421 Å². The normalized spacial score (nSPS) is 13.0. The van der Waals surface area contributed by atoms with Gasteiger partial charge in [-0.15, -0.1) is 0 Å². The lowest BCUT2D eigenvalue weighted by molar-refractivity contribution is 0.963. The molecule has 344 valence electrons. The van der Waals surface area contributed by atoms with Gasteiger partial charge >= 0.3 is 0 Å². The highest BCUT2D eigenvalue weighted by Crippen LogP contribution is 2.64. The second-order valence-corrected chi connectivity index (χ2v) is 32.3. The fourth-order valence-electron chi connectivity index (χ4n) is 12.8. The van der Waals surface area contributed by atoms with E-state index in [2.05, 4.69) is 292 Å². The molecule has 12 rings (SSSR count). The lowest BCUT2D eigenvalue weighted by atomic mass is 9.89. The van der Waals surface area contributed by atoms with Crippen LogP contribution in [-0.4, -0.2) is 16.1 Å². The molecule has 0 aromatic heterocycles. The summed E-state index contributed by atoms with van der Waals surface area (Å²) in [7, 11) is -4.44. The summed E-state index contributed by atoms with van der Waals surface area (Å²) >= 11 is 0. The first-order valence-corrected chi connectivity index (χ1v) is 32.1. The highest BCUT2D eigenvalue weighted by molar-refractivity contribution is 7.00. The summed E-state index contributed by atoms with van der Waals surface area (Å²) in [4.78, 5) is 4.97.